The second kappa shape index (κ2) is 8.37. The third-order valence-electron chi connectivity index (χ3n) is 4.92. The second-order valence-corrected chi connectivity index (χ2v) is 6.74. The molecule has 3 rings (SSSR count). The SMILES string of the molecule is CCN(CC)c1ccc(NC(=O)C2CC(=O)N(c3cc(F)cc(F)c3)C2)cc1. The molecule has 0 saturated carbocycles. The number of benzene rings is 2. The van der Waals surface area contributed by atoms with Crippen LogP contribution in [-0.4, -0.2) is 31.4 Å². The molecular formula is C21H23F2N3O2. The van der Waals surface area contributed by atoms with E-state index in [4.69, 9.17) is 0 Å². The van der Waals surface area contributed by atoms with Gasteiger partial charge in [-0.1, -0.05) is 0 Å². The van der Waals surface area contributed by atoms with Crippen LogP contribution in [0.1, 0.15) is 20.3 Å². The fraction of sp³-hybridized carbons (Fsp3) is 0.333. The van der Waals surface area contributed by atoms with Gasteiger partial charge in [0.1, 0.15) is 11.6 Å². The van der Waals surface area contributed by atoms with E-state index in [9.17, 15) is 18.4 Å². The normalized spacial score (nSPS) is 16.4. The molecule has 0 aromatic heterocycles. The molecule has 0 aliphatic carbocycles. The number of nitrogens with zero attached hydrogens (tertiary/aromatic N) is 2. The van der Waals surface area contributed by atoms with E-state index in [0.717, 1.165) is 37.0 Å². The van der Waals surface area contributed by atoms with Crippen molar-refractivity contribution in [2.24, 2.45) is 5.92 Å². The monoisotopic (exact) mass is 387 g/mol. The van der Waals surface area contributed by atoms with Crippen LogP contribution in [-0.2, 0) is 9.59 Å². The molecule has 2 amide bonds. The molecule has 0 spiro atoms. The fourth-order valence-corrected chi connectivity index (χ4v) is 3.42. The quantitative estimate of drug-likeness (QED) is 0.820. The third kappa shape index (κ3) is 4.30. The lowest BCUT2D eigenvalue weighted by molar-refractivity contribution is -0.122. The van der Waals surface area contributed by atoms with Crippen LogP contribution in [0.5, 0.6) is 0 Å². The van der Waals surface area contributed by atoms with E-state index in [-0.39, 0.29) is 30.5 Å². The van der Waals surface area contributed by atoms with Crippen molar-refractivity contribution in [1.82, 2.24) is 0 Å². The van der Waals surface area contributed by atoms with Crippen molar-refractivity contribution in [3.63, 3.8) is 0 Å². The minimum absolute atomic E-state index is 0.00148. The minimum Gasteiger partial charge on any atom is -0.372 e. The number of amides is 2. The smallest absolute Gasteiger partial charge is 0.229 e. The molecule has 148 valence electrons. The summed E-state index contributed by atoms with van der Waals surface area (Å²) < 4.78 is 26.9. The van der Waals surface area contributed by atoms with E-state index in [1.807, 2.05) is 24.3 Å². The zero-order valence-corrected chi connectivity index (χ0v) is 15.9. The van der Waals surface area contributed by atoms with E-state index >= 15 is 0 Å². The Morgan fingerprint density at radius 2 is 1.71 bits per heavy atom. The standard InChI is InChI=1S/C21H23F2N3O2/c1-3-25(4-2)18-7-5-17(6-8-18)24-21(28)14-9-20(27)26(13-14)19-11-15(22)10-16(23)12-19/h5-8,10-12,14H,3-4,9,13H2,1-2H3,(H,24,28). The molecule has 28 heavy (non-hydrogen) atoms. The highest BCUT2D eigenvalue weighted by atomic mass is 19.1. The predicted octanol–water partition coefficient (Wildman–Crippen LogP) is 3.80. The molecule has 0 bridgehead atoms. The van der Waals surface area contributed by atoms with Crippen molar-refractivity contribution in [1.29, 1.82) is 0 Å². The van der Waals surface area contributed by atoms with Gasteiger partial charge in [0.25, 0.3) is 0 Å². The maximum absolute atomic E-state index is 13.4. The Hall–Kier alpha value is -2.96. The van der Waals surface area contributed by atoms with Crippen molar-refractivity contribution in [3.8, 4) is 0 Å². The molecule has 5 nitrogen and oxygen atoms in total. The van der Waals surface area contributed by atoms with Gasteiger partial charge in [-0.05, 0) is 50.2 Å². The molecule has 1 aliphatic rings. The van der Waals surface area contributed by atoms with Gasteiger partial charge in [0, 0.05) is 49.2 Å². The molecule has 1 fully saturated rings. The molecule has 2 aromatic rings. The number of halogens is 2. The number of anilines is 3. The van der Waals surface area contributed by atoms with Gasteiger partial charge in [0.15, 0.2) is 0 Å². The first-order chi connectivity index (χ1) is 13.4. The summed E-state index contributed by atoms with van der Waals surface area (Å²) in [6.45, 7) is 6.02. The lowest BCUT2D eigenvalue weighted by Gasteiger charge is -2.21. The number of nitrogens with one attached hydrogen (secondary N) is 1. The summed E-state index contributed by atoms with van der Waals surface area (Å²) in [5, 5.41) is 2.82. The minimum atomic E-state index is -0.760. The van der Waals surface area contributed by atoms with Crippen LogP contribution >= 0.6 is 0 Å². The van der Waals surface area contributed by atoms with Crippen LogP contribution in [0.15, 0.2) is 42.5 Å². The molecule has 2 aromatic carbocycles. The Balaban J connectivity index is 1.66. The van der Waals surface area contributed by atoms with Crippen LogP contribution in [0.3, 0.4) is 0 Å². The Morgan fingerprint density at radius 1 is 1.11 bits per heavy atom. The highest BCUT2D eigenvalue weighted by molar-refractivity contribution is 6.03. The van der Waals surface area contributed by atoms with Crippen molar-refractivity contribution in [2.45, 2.75) is 20.3 Å². The van der Waals surface area contributed by atoms with Gasteiger partial charge in [-0.3, -0.25) is 9.59 Å². The van der Waals surface area contributed by atoms with E-state index in [0.29, 0.717) is 5.69 Å². The summed E-state index contributed by atoms with van der Waals surface area (Å²) in [4.78, 5) is 28.2. The predicted molar refractivity (Wildman–Crippen MR) is 105 cm³/mol. The highest BCUT2D eigenvalue weighted by Gasteiger charge is 2.35. The van der Waals surface area contributed by atoms with Crippen molar-refractivity contribution in [3.05, 3.63) is 54.1 Å². The van der Waals surface area contributed by atoms with E-state index in [2.05, 4.69) is 24.1 Å². The van der Waals surface area contributed by atoms with Crippen molar-refractivity contribution < 1.29 is 18.4 Å². The first kappa shape index (κ1) is 19.8. The zero-order chi connectivity index (χ0) is 20.3. The summed E-state index contributed by atoms with van der Waals surface area (Å²) in [7, 11) is 0. The summed E-state index contributed by atoms with van der Waals surface area (Å²) in [6, 6.07) is 10.4. The van der Waals surface area contributed by atoms with Gasteiger partial charge in [-0.25, -0.2) is 8.78 Å². The lowest BCUT2D eigenvalue weighted by Crippen LogP contribution is -2.28. The molecule has 1 heterocycles. The molecule has 1 N–H and O–H groups in total. The average Bonchev–Trinajstić information content (AvgIpc) is 3.05. The summed E-state index contributed by atoms with van der Waals surface area (Å²) in [6.07, 6.45) is 0.00148. The largest absolute Gasteiger partial charge is 0.372 e. The molecule has 1 atom stereocenters. The molecule has 7 heteroatoms. The summed E-state index contributed by atoms with van der Waals surface area (Å²) in [5.41, 5.74) is 1.84. The third-order valence-corrected chi connectivity index (χ3v) is 4.92. The number of hydrogen-bond donors (Lipinski definition) is 1. The first-order valence-corrected chi connectivity index (χ1v) is 9.33. The Kier molecular flexibility index (Phi) is 5.92. The maximum Gasteiger partial charge on any atom is 0.229 e. The molecule has 1 saturated heterocycles. The van der Waals surface area contributed by atoms with Gasteiger partial charge in [0.05, 0.1) is 5.92 Å². The van der Waals surface area contributed by atoms with Gasteiger partial charge in [-0.2, -0.15) is 0 Å². The zero-order valence-electron chi connectivity index (χ0n) is 15.9. The maximum atomic E-state index is 13.4. The number of carbonyl (C=O) groups is 2. The highest BCUT2D eigenvalue weighted by Crippen LogP contribution is 2.27. The number of carbonyl (C=O) groups excluding carboxylic acids is 2. The summed E-state index contributed by atoms with van der Waals surface area (Å²) >= 11 is 0. The number of hydrogen-bond acceptors (Lipinski definition) is 3. The molecule has 1 aliphatic heterocycles. The second-order valence-electron chi connectivity index (χ2n) is 6.74. The van der Waals surface area contributed by atoms with Gasteiger partial charge in [-0.15, -0.1) is 0 Å². The number of rotatable bonds is 6. The van der Waals surface area contributed by atoms with Crippen molar-refractivity contribution >= 4 is 28.9 Å². The van der Waals surface area contributed by atoms with E-state index in [1.54, 1.807) is 0 Å². The molecule has 1 unspecified atom stereocenters. The Bertz CT molecular complexity index is 846. The summed E-state index contributed by atoms with van der Waals surface area (Å²) in [5.74, 6) is -2.72. The van der Waals surface area contributed by atoms with E-state index in [1.165, 1.54) is 4.90 Å². The van der Waals surface area contributed by atoms with E-state index < -0.39 is 17.6 Å². The van der Waals surface area contributed by atoms with Gasteiger partial charge in [0.2, 0.25) is 11.8 Å². The Labute approximate surface area is 162 Å². The van der Waals surface area contributed by atoms with Gasteiger partial charge >= 0.3 is 0 Å². The van der Waals surface area contributed by atoms with Gasteiger partial charge < -0.3 is 15.1 Å². The molecule has 0 radical (unpaired) electrons. The van der Waals surface area contributed by atoms with Crippen LogP contribution < -0.4 is 15.1 Å². The first-order valence-electron chi connectivity index (χ1n) is 9.33. The Morgan fingerprint density at radius 3 is 2.29 bits per heavy atom. The van der Waals surface area contributed by atoms with Crippen LogP contribution in [0.4, 0.5) is 25.8 Å². The van der Waals surface area contributed by atoms with Crippen LogP contribution in [0.2, 0.25) is 0 Å². The average molecular weight is 387 g/mol. The lowest BCUT2D eigenvalue weighted by atomic mass is 10.1. The van der Waals surface area contributed by atoms with Crippen molar-refractivity contribution in [2.75, 3.05) is 34.8 Å². The van der Waals surface area contributed by atoms with Crippen LogP contribution in [0, 0.1) is 17.6 Å². The fourth-order valence-electron chi connectivity index (χ4n) is 3.42. The molecular weight excluding hydrogens is 364 g/mol. The topological polar surface area (TPSA) is 52.7 Å². The van der Waals surface area contributed by atoms with Crippen LogP contribution in [0.25, 0.3) is 0 Å².